The van der Waals surface area contributed by atoms with Gasteiger partial charge in [0.15, 0.2) is 0 Å². The monoisotopic (exact) mass is 425 g/mol. The summed E-state index contributed by atoms with van der Waals surface area (Å²) in [6, 6.07) is 12.1. The predicted octanol–water partition coefficient (Wildman–Crippen LogP) is 4.07. The van der Waals surface area contributed by atoms with Crippen LogP contribution >= 0.6 is 0 Å². The number of carbonyl (C=O) groups excluding carboxylic acids is 1. The quantitative estimate of drug-likeness (QED) is 0.727. The second kappa shape index (κ2) is 10.2. The van der Waals surface area contributed by atoms with Gasteiger partial charge in [-0.25, -0.2) is 4.39 Å². The van der Waals surface area contributed by atoms with E-state index < -0.39 is 5.82 Å². The van der Waals surface area contributed by atoms with Crippen LogP contribution in [0.3, 0.4) is 0 Å². The number of carbonyl (C=O) groups is 1. The molecule has 5 nitrogen and oxygen atoms in total. The molecule has 4 rings (SSSR count). The number of piperidine rings is 1. The second-order valence-corrected chi connectivity index (χ2v) is 8.69. The van der Waals surface area contributed by atoms with E-state index in [-0.39, 0.29) is 11.5 Å². The summed E-state index contributed by atoms with van der Waals surface area (Å²) < 4.78 is 20.4. The number of halogens is 1. The minimum absolute atomic E-state index is 0.0825. The normalized spacial score (nSPS) is 19.5. The standard InChI is InChI=1S/C25H32FN3O2/c26-24-10-9-22(31-21-7-5-19(6-8-21)11-12-27)16-23(24)25(30)29-15-3-4-20(18-29)17-28-13-1-2-14-28/h5-10,16,20H,1-4,11-15,17-18,27H2. The minimum atomic E-state index is -0.502. The number of nitrogens with zero attached hydrogens (tertiary/aromatic N) is 2. The van der Waals surface area contributed by atoms with Crippen LogP contribution in [0, 0.1) is 11.7 Å². The van der Waals surface area contributed by atoms with Crippen molar-refractivity contribution in [2.75, 3.05) is 39.3 Å². The molecule has 0 radical (unpaired) electrons. The van der Waals surface area contributed by atoms with Crippen LogP contribution in [-0.4, -0.2) is 55.0 Å². The maximum Gasteiger partial charge on any atom is 0.256 e. The van der Waals surface area contributed by atoms with E-state index in [1.165, 1.54) is 25.0 Å². The molecule has 1 unspecified atom stereocenters. The fourth-order valence-corrected chi connectivity index (χ4v) is 4.66. The molecule has 2 heterocycles. The lowest BCUT2D eigenvalue weighted by molar-refractivity contribution is 0.0643. The van der Waals surface area contributed by atoms with Crippen molar-refractivity contribution in [3.8, 4) is 11.5 Å². The fourth-order valence-electron chi connectivity index (χ4n) is 4.66. The van der Waals surface area contributed by atoms with E-state index >= 15 is 0 Å². The highest BCUT2D eigenvalue weighted by atomic mass is 19.1. The Hall–Kier alpha value is -2.44. The summed E-state index contributed by atoms with van der Waals surface area (Å²) in [6.07, 6.45) is 5.44. The number of likely N-dealkylation sites (tertiary alicyclic amines) is 2. The topological polar surface area (TPSA) is 58.8 Å². The molecule has 6 heteroatoms. The van der Waals surface area contributed by atoms with Crippen LogP contribution in [0.4, 0.5) is 4.39 Å². The number of benzene rings is 2. The van der Waals surface area contributed by atoms with Gasteiger partial charge in [0.2, 0.25) is 0 Å². The molecule has 0 spiro atoms. The van der Waals surface area contributed by atoms with Crippen LogP contribution in [-0.2, 0) is 6.42 Å². The molecular weight excluding hydrogens is 393 g/mol. The highest BCUT2D eigenvalue weighted by Crippen LogP contribution is 2.27. The van der Waals surface area contributed by atoms with Crippen molar-refractivity contribution in [3.05, 3.63) is 59.4 Å². The molecule has 2 saturated heterocycles. The van der Waals surface area contributed by atoms with E-state index in [1.54, 1.807) is 6.07 Å². The maximum absolute atomic E-state index is 14.6. The van der Waals surface area contributed by atoms with Crippen molar-refractivity contribution in [2.45, 2.75) is 32.1 Å². The van der Waals surface area contributed by atoms with E-state index in [1.807, 2.05) is 29.2 Å². The SMILES string of the molecule is NCCc1ccc(Oc2ccc(F)c(C(=O)N3CCCC(CN4CCCC4)C3)c2)cc1. The Labute approximate surface area is 184 Å². The van der Waals surface area contributed by atoms with Gasteiger partial charge in [0, 0.05) is 19.6 Å². The van der Waals surface area contributed by atoms with E-state index in [9.17, 15) is 9.18 Å². The van der Waals surface area contributed by atoms with Gasteiger partial charge in [0.25, 0.3) is 5.91 Å². The van der Waals surface area contributed by atoms with E-state index in [4.69, 9.17) is 10.5 Å². The van der Waals surface area contributed by atoms with Gasteiger partial charge < -0.3 is 20.3 Å². The molecule has 1 atom stereocenters. The van der Waals surface area contributed by atoms with Gasteiger partial charge in [-0.3, -0.25) is 4.79 Å². The molecule has 0 aliphatic carbocycles. The Balaban J connectivity index is 1.42. The van der Waals surface area contributed by atoms with Crippen LogP contribution in [0.15, 0.2) is 42.5 Å². The van der Waals surface area contributed by atoms with E-state index in [0.29, 0.717) is 37.1 Å². The Bertz CT molecular complexity index is 881. The third-order valence-electron chi connectivity index (χ3n) is 6.28. The molecule has 2 aromatic rings. The van der Waals surface area contributed by atoms with Crippen molar-refractivity contribution < 1.29 is 13.9 Å². The third-order valence-corrected chi connectivity index (χ3v) is 6.28. The number of rotatable bonds is 7. The van der Waals surface area contributed by atoms with Crippen molar-refractivity contribution in [2.24, 2.45) is 11.7 Å². The lowest BCUT2D eigenvalue weighted by Gasteiger charge is -2.34. The zero-order chi connectivity index (χ0) is 21.6. The summed E-state index contributed by atoms with van der Waals surface area (Å²) in [5.41, 5.74) is 6.81. The molecule has 2 fully saturated rings. The minimum Gasteiger partial charge on any atom is -0.457 e. The number of hydrogen-bond donors (Lipinski definition) is 1. The van der Waals surface area contributed by atoms with Gasteiger partial charge >= 0.3 is 0 Å². The summed E-state index contributed by atoms with van der Waals surface area (Å²) in [5.74, 6) is 0.825. The number of nitrogens with two attached hydrogens (primary N) is 1. The molecule has 2 aliphatic heterocycles. The average molecular weight is 426 g/mol. The Morgan fingerprint density at radius 1 is 1.03 bits per heavy atom. The summed E-state index contributed by atoms with van der Waals surface area (Å²) in [6.45, 7) is 5.33. The average Bonchev–Trinajstić information content (AvgIpc) is 3.29. The fraction of sp³-hybridized carbons (Fsp3) is 0.480. The number of hydrogen-bond acceptors (Lipinski definition) is 4. The van der Waals surface area contributed by atoms with Gasteiger partial charge in [0.05, 0.1) is 5.56 Å². The Morgan fingerprint density at radius 3 is 2.52 bits per heavy atom. The van der Waals surface area contributed by atoms with Crippen LogP contribution in [0.2, 0.25) is 0 Å². The molecule has 31 heavy (non-hydrogen) atoms. The molecular formula is C25H32FN3O2. The first-order chi connectivity index (χ1) is 15.1. The molecule has 166 valence electrons. The lowest BCUT2D eigenvalue weighted by Crippen LogP contribution is -2.43. The Kier molecular flexibility index (Phi) is 7.20. The van der Waals surface area contributed by atoms with Crippen molar-refractivity contribution in [1.82, 2.24) is 9.80 Å². The van der Waals surface area contributed by atoms with Crippen molar-refractivity contribution in [1.29, 1.82) is 0 Å². The Morgan fingerprint density at radius 2 is 1.77 bits per heavy atom. The lowest BCUT2D eigenvalue weighted by atomic mass is 9.96. The van der Waals surface area contributed by atoms with Crippen molar-refractivity contribution in [3.63, 3.8) is 0 Å². The highest BCUT2D eigenvalue weighted by Gasteiger charge is 2.28. The third kappa shape index (κ3) is 5.63. The van der Waals surface area contributed by atoms with Crippen LogP contribution in [0.25, 0.3) is 0 Å². The first-order valence-electron chi connectivity index (χ1n) is 11.4. The molecule has 1 amide bonds. The van der Waals surface area contributed by atoms with Crippen molar-refractivity contribution >= 4 is 5.91 Å². The molecule has 0 aromatic heterocycles. The van der Waals surface area contributed by atoms with Crippen LogP contribution in [0.5, 0.6) is 11.5 Å². The zero-order valence-electron chi connectivity index (χ0n) is 18.1. The molecule has 2 aliphatic rings. The van der Waals surface area contributed by atoms with Gasteiger partial charge in [-0.05, 0) is 93.6 Å². The first kappa shape index (κ1) is 21.8. The predicted molar refractivity (Wildman–Crippen MR) is 120 cm³/mol. The number of amides is 1. The first-order valence-corrected chi connectivity index (χ1v) is 11.4. The summed E-state index contributed by atoms with van der Waals surface area (Å²) in [5, 5.41) is 0. The van der Waals surface area contributed by atoms with E-state index in [2.05, 4.69) is 4.90 Å². The second-order valence-electron chi connectivity index (χ2n) is 8.69. The summed E-state index contributed by atoms with van der Waals surface area (Å²) in [4.78, 5) is 17.4. The van der Waals surface area contributed by atoms with Gasteiger partial charge in [0.1, 0.15) is 17.3 Å². The van der Waals surface area contributed by atoms with Gasteiger partial charge in [-0.1, -0.05) is 12.1 Å². The zero-order valence-corrected chi connectivity index (χ0v) is 18.1. The van der Waals surface area contributed by atoms with Crippen LogP contribution in [0.1, 0.15) is 41.6 Å². The summed E-state index contributed by atoms with van der Waals surface area (Å²) in [7, 11) is 0. The van der Waals surface area contributed by atoms with Gasteiger partial charge in [-0.15, -0.1) is 0 Å². The molecule has 0 saturated carbocycles. The maximum atomic E-state index is 14.6. The molecule has 2 aromatic carbocycles. The molecule has 2 N–H and O–H groups in total. The number of ether oxygens (including phenoxy) is 1. The van der Waals surface area contributed by atoms with Gasteiger partial charge in [-0.2, -0.15) is 0 Å². The molecule has 0 bridgehead atoms. The highest BCUT2D eigenvalue weighted by molar-refractivity contribution is 5.95. The van der Waals surface area contributed by atoms with E-state index in [0.717, 1.165) is 44.5 Å². The largest absolute Gasteiger partial charge is 0.457 e. The van der Waals surface area contributed by atoms with Crippen LogP contribution < -0.4 is 10.5 Å². The summed E-state index contributed by atoms with van der Waals surface area (Å²) >= 11 is 0. The smallest absolute Gasteiger partial charge is 0.256 e.